The third-order valence-electron chi connectivity index (χ3n) is 6.37. The lowest BCUT2D eigenvalue weighted by Gasteiger charge is -2.32. The Morgan fingerprint density at radius 2 is 1.95 bits per heavy atom. The van der Waals surface area contributed by atoms with E-state index < -0.39 is 29.8 Å². The Balaban J connectivity index is 1.57. The van der Waals surface area contributed by atoms with Gasteiger partial charge in [-0.1, -0.05) is 0 Å². The number of ether oxygens (including phenoxy) is 2. The monoisotopic (exact) mass is 510 g/mol. The molecule has 192 valence electrons. The molecular weight excluding hydrogens is 486 g/mol. The molecule has 4 aromatic rings. The van der Waals surface area contributed by atoms with Crippen LogP contribution in [-0.4, -0.2) is 68.9 Å². The molecule has 4 heterocycles. The summed E-state index contributed by atoms with van der Waals surface area (Å²) in [6, 6.07) is 7.30. The second-order valence-corrected chi connectivity index (χ2v) is 8.85. The minimum Gasteiger partial charge on any atom is -0.478 e. The van der Waals surface area contributed by atoms with Crippen LogP contribution >= 0.6 is 0 Å². The molecule has 1 fully saturated rings. The zero-order valence-electron chi connectivity index (χ0n) is 20.1. The number of carbonyl (C=O) groups excluding carboxylic acids is 1. The first kappa shape index (κ1) is 24.4. The van der Waals surface area contributed by atoms with Crippen molar-refractivity contribution in [3.8, 4) is 16.9 Å². The van der Waals surface area contributed by atoms with Gasteiger partial charge in [0.25, 0.3) is 0 Å². The van der Waals surface area contributed by atoms with Gasteiger partial charge in [0.05, 0.1) is 54.6 Å². The topological polar surface area (TPSA) is 98.3 Å². The SMILES string of the molecule is COC(=O)N1CCOC(Cc2c(-c3c(F)cc(-n4ccc(C(=O)O)c4)cc3F)nc3cc(C)ccn23)C1. The highest BCUT2D eigenvalue weighted by Gasteiger charge is 2.29. The third-order valence-corrected chi connectivity index (χ3v) is 6.37. The number of carboxylic acids is 1. The normalized spacial score (nSPS) is 15.8. The van der Waals surface area contributed by atoms with Crippen LogP contribution in [0, 0.1) is 18.6 Å². The van der Waals surface area contributed by atoms with E-state index >= 15 is 8.78 Å². The summed E-state index contributed by atoms with van der Waals surface area (Å²) in [6.45, 7) is 2.84. The lowest BCUT2D eigenvalue weighted by molar-refractivity contribution is -0.0241. The fourth-order valence-electron chi connectivity index (χ4n) is 4.56. The first-order chi connectivity index (χ1) is 17.7. The number of rotatable bonds is 5. The largest absolute Gasteiger partial charge is 0.478 e. The number of methoxy groups -OCH3 is 1. The Labute approximate surface area is 210 Å². The summed E-state index contributed by atoms with van der Waals surface area (Å²) in [5, 5.41) is 9.15. The van der Waals surface area contributed by atoms with Crippen molar-refractivity contribution < 1.29 is 33.0 Å². The first-order valence-corrected chi connectivity index (χ1v) is 11.6. The van der Waals surface area contributed by atoms with E-state index in [0.29, 0.717) is 24.5 Å². The average molecular weight is 510 g/mol. The van der Waals surface area contributed by atoms with Gasteiger partial charge in [-0.25, -0.2) is 23.4 Å². The molecule has 37 heavy (non-hydrogen) atoms. The van der Waals surface area contributed by atoms with Crippen LogP contribution in [0.4, 0.5) is 13.6 Å². The molecular formula is C26H24F2N4O5. The van der Waals surface area contributed by atoms with Gasteiger partial charge in [0.15, 0.2) is 0 Å². The van der Waals surface area contributed by atoms with Crippen molar-refractivity contribution in [3.63, 3.8) is 0 Å². The van der Waals surface area contributed by atoms with Crippen molar-refractivity contribution in [2.75, 3.05) is 26.8 Å². The van der Waals surface area contributed by atoms with E-state index in [1.807, 2.05) is 19.1 Å². The number of nitrogens with zero attached hydrogens (tertiary/aromatic N) is 4. The molecule has 1 atom stereocenters. The number of amides is 1. The van der Waals surface area contributed by atoms with E-state index in [2.05, 4.69) is 4.98 Å². The van der Waals surface area contributed by atoms with E-state index in [0.717, 1.165) is 17.7 Å². The summed E-state index contributed by atoms with van der Waals surface area (Å²) in [5.74, 6) is -2.83. The van der Waals surface area contributed by atoms with Gasteiger partial charge in [-0.05, 0) is 42.8 Å². The number of halogens is 2. The maximum atomic E-state index is 15.5. The number of fused-ring (bicyclic) bond motifs is 1. The van der Waals surface area contributed by atoms with E-state index in [-0.39, 0.29) is 35.5 Å². The number of hydrogen-bond acceptors (Lipinski definition) is 5. The van der Waals surface area contributed by atoms with E-state index in [1.165, 1.54) is 35.0 Å². The summed E-state index contributed by atoms with van der Waals surface area (Å²) < 4.78 is 44.8. The van der Waals surface area contributed by atoms with Gasteiger partial charge < -0.3 is 28.4 Å². The Bertz CT molecular complexity index is 1490. The second-order valence-electron chi connectivity index (χ2n) is 8.85. The molecule has 1 aliphatic heterocycles. The quantitative estimate of drug-likeness (QED) is 0.435. The molecule has 3 aromatic heterocycles. The van der Waals surface area contributed by atoms with Crippen molar-refractivity contribution in [2.24, 2.45) is 0 Å². The number of pyridine rings is 1. The van der Waals surface area contributed by atoms with E-state index in [9.17, 15) is 9.59 Å². The Morgan fingerprint density at radius 3 is 2.62 bits per heavy atom. The Kier molecular flexibility index (Phi) is 6.38. The van der Waals surface area contributed by atoms with Crippen LogP contribution in [0.5, 0.6) is 0 Å². The number of carboxylic acid groups (broad SMARTS) is 1. The summed E-state index contributed by atoms with van der Waals surface area (Å²) in [7, 11) is 1.31. The minimum absolute atomic E-state index is 0.00335. The highest BCUT2D eigenvalue weighted by atomic mass is 19.1. The molecule has 0 radical (unpaired) electrons. The Hall–Kier alpha value is -4.25. The van der Waals surface area contributed by atoms with Crippen LogP contribution in [0.3, 0.4) is 0 Å². The van der Waals surface area contributed by atoms with Crippen LogP contribution in [0.1, 0.15) is 21.6 Å². The van der Waals surface area contributed by atoms with Gasteiger partial charge in [0.1, 0.15) is 17.3 Å². The minimum atomic E-state index is -1.14. The number of benzene rings is 1. The summed E-state index contributed by atoms with van der Waals surface area (Å²) in [6.07, 6.45) is 3.83. The lowest BCUT2D eigenvalue weighted by atomic mass is 10.0. The van der Waals surface area contributed by atoms with Crippen molar-refractivity contribution in [1.29, 1.82) is 0 Å². The number of aryl methyl sites for hydroxylation is 1. The van der Waals surface area contributed by atoms with Crippen molar-refractivity contribution in [1.82, 2.24) is 18.9 Å². The van der Waals surface area contributed by atoms with Gasteiger partial charge >= 0.3 is 12.1 Å². The average Bonchev–Trinajstić information content (AvgIpc) is 3.49. The van der Waals surface area contributed by atoms with E-state index in [4.69, 9.17) is 14.6 Å². The predicted octanol–water partition coefficient (Wildman–Crippen LogP) is 4.09. The molecule has 5 rings (SSSR count). The smallest absolute Gasteiger partial charge is 0.409 e. The Morgan fingerprint density at radius 1 is 1.19 bits per heavy atom. The molecule has 0 saturated carbocycles. The molecule has 11 heteroatoms. The summed E-state index contributed by atoms with van der Waals surface area (Å²) in [4.78, 5) is 29.3. The number of carbonyl (C=O) groups is 2. The fraction of sp³-hybridized carbons (Fsp3) is 0.269. The number of aromatic nitrogens is 3. The van der Waals surface area contributed by atoms with Crippen LogP contribution in [0.2, 0.25) is 0 Å². The molecule has 0 spiro atoms. The standard InChI is InChI=1S/C26H24F2N4O5/c1-15-3-6-32-21(12-18-14-31(7-8-37-18)26(35)36-2)24(29-22(32)9-15)23-19(27)10-17(11-20(23)28)30-5-4-16(13-30)25(33)34/h3-6,9-11,13,18H,7-8,12,14H2,1-2H3,(H,33,34). The van der Waals surface area contributed by atoms with Crippen LogP contribution in [0.25, 0.3) is 22.6 Å². The highest BCUT2D eigenvalue weighted by molar-refractivity contribution is 5.87. The van der Waals surface area contributed by atoms with Gasteiger partial charge in [-0.2, -0.15) is 0 Å². The number of aromatic carboxylic acids is 1. The van der Waals surface area contributed by atoms with Crippen LogP contribution in [-0.2, 0) is 15.9 Å². The molecule has 1 unspecified atom stereocenters. The zero-order valence-corrected chi connectivity index (χ0v) is 20.1. The van der Waals surface area contributed by atoms with Gasteiger partial charge in [0, 0.05) is 31.6 Å². The molecule has 1 amide bonds. The van der Waals surface area contributed by atoms with Crippen molar-refractivity contribution in [3.05, 3.63) is 77.4 Å². The van der Waals surface area contributed by atoms with Gasteiger partial charge in [-0.15, -0.1) is 0 Å². The van der Waals surface area contributed by atoms with Crippen LogP contribution in [0.15, 0.2) is 48.9 Å². The maximum absolute atomic E-state index is 15.5. The molecule has 0 bridgehead atoms. The van der Waals surface area contributed by atoms with E-state index in [1.54, 1.807) is 10.6 Å². The van der Waals surface area contributed by atoms with Crippen molar-refractivity contribution in [2.45, 2.75) is 19.4 Å². The lowest BCUT2D eigenvalue weighted by Crippen LogP contribution is -2.46. The van der Waals surface area contributed by atoms with Gasteiger partial charge in [0.2, 0.25) is 0 Å². The van der Waals surface area contributed by atoms with Crippen LogP contribution < -0.4 is 0 Å². The highest BCUT2D eigenvalue weighted by Crippen LogP contribution is 2.33. The number of morpholine rings is 1. The summed E-state index contributed by atoms with van der Waals surface area (Å²) >= 11 is 0. The predicted molar refractivity (Wildman–Crippen MR) is 129 cm³/mol. The third kappa shape index (κ3) is 4.65. The summed E-state index contributed by atoms with van der Waals surface area (Å²) in [5.41, 5.74) is 1.94. The fourth-order valence-corrected chi connectivity index (χ4v) is 4.56. The zero-order chi connectivity index (χ0) is 26.3. The number of imidazole rings is 1. The first-order valence-electron chi connectivity index (χ1n) is 11.6. The molecule has 1 aromatic carbocycles. The second kappa shape index (κ2) is 9.66. The maximum Gasteiger partial charge on any atom is 0.409 e. The molecule has 0 aliphatic carbocycles. The molecule has 1 aliphatic rings. The molecule has 1 saturated heterocycles. The molecule has 9 nitrogen and oxygen atoms in total. The van der Waals surface area contributed by atoms with Gasteiger partial charge in [-0.3, -0.25) is 0 Å². The molecule has 1 N–H and O–H groups in total. The van der Waals surface area contributed by atoms with Crippen molar-refractivity contribution >= 4 is 17.7 Å². The number of hydrogen-bond donors (Lipinski definition) is 1.